The van der Waals surface area contributed by atoms with E-state index in [0.717, 1.165) is 34.1 Å². The van der Waals surface area contributed by atoms with Gasteiger partial charge in [-0.2, -0.15) is 0 Å². The van der Waals surface area contributed by atoms with Crippen LogP contribution in [0.25, 0.3) is 11.4 Å². The minimum atomic E-state index is 0.685. The molecule has 0 saturated heterocycles. The Balaban J connectivity index is 1.49. The molecule has 6 nitrogen and oxygen atoms in total. The molecule has 4 aromatic rings. The van der Waals surface area contributed by atoms with Crippen LogP contribution in [0.2, 0.25) is 0 Å². The number of pyridine rings is 1. The smallest absolute Gasteiger partial charge is 0.159 e. The van der Waals surface area contributed by atoms with Gasteiger partial charge >= 0.3 is 0 Å². The summed E-state index contributed by atoms with van der Waals surface area (Å²) in [4.78, 5) is 15.8. The van der Waals surface area contributed by atoms with Crippen LogP contribution >= 0.6 is 0 Å². The van der Waals surface area contributed by atoms with Crippen LogP contribution in [-0.4, -0.2) is 27.0 Å². The minimum Gasteiger partial charge on any atom is -0.497 e. The third-order valence-electron chi connectivity index (χ3n) is 4.75. The molecule has 0 N–H and O–H groups in total. The predicted octanol–water partition coefficient (Wildman–Crippen LogP) is 4.65. The van der Waals surface area contributed by atoms with Gasteiger partial charge in [-0.25, -0.2) is 9.97 Å². The van der Waals surface area contributed by atoms with Crippen molar-refractivity contribution in [3.8, 4) is 17.1 Å². The fourth-order valence-electron chi connectivity index (χ4n) is 3.26. The highest BCUT2D eigenvalue weighted by molar-refractivity contribution is 5.55. The number of nitrogens with zero attached hydrogens (tertiary/aromatic N) is 4. The number of aryl methyl sites for hydroxylation is 1. The average molecular weight is 400 g/mol. The summed E-state index contributed by atoms with van der Waals surface area (Å²) < 4.78 is 11.0. The van der Waals surface area contributed by atoms with E-state index in [1.165, 1.54) is 0 Å². The van der Waals surface area contributed by atoms with Gasteiger partial charge < -0.3 is 9.15 Å². The van der Waals surface area contributed by atoms with E-state index < -0.39 is 0 Å². The molecule has 0 aliphatic heterocycles. The summed E-state index contributed by atoms with van der Waals surface area (Å²) in [6.45, 7) is 4.04. The van der Waals surface area contributed by atoms with Gasteiger partial charge in [0.15, 0.2) is 5.82 Å². The molecule has 0 fully saturated rings. The van der Waals surface area contributed by atoms with Crippen LogP contribution in [-0.2, 0) is 19.6 Å². The lowest BCUT2D eigenvalue weighted by Crippen LogP contribution is -2.23. The van der Waals surface area contributed by atoms with E-state index >= 15 is 0 Å². The summed E-state index contributed by atoms with van der Waals surface area (Å²) in [5.41, 5.74) is 3.00. The van der Waals surface area contributed by atoms with Crippen LogP contribution in [0.1, 0.15) is 22.8 Å². The molecule has 3 aromatic heterocycles. The van der Waals surface area contributed by atoms with Gasteiger partial charge in [0.2, 0.25) is 0 Å². The Bertz CT molecular complexity index is 1060. The molecular weight excluding hydrogens is 376 g/mol. The van der Waals surface area contributed by atoms with Crippen LogP contribution in [0.15, 0.2) is 77.6 Å². The molecule has 0 aliphatic rings. The fourth-order valence-corrected chi connectivity index (χ4v) is 3.26. The van der Waals surface area contributed by atoms with Crippen molar-refractivity contribution in [1.82, 2.24) is 19.9 Å². The third kappa shape index (κ3) is 5.10. The monoisotopic (exact) mass is 400 g/mol. The second-order valence-corrected chi connectivity index (χ2v) is 7.12. The quantitative estimate of drug-likeness (QED) is 0.429. The van der Waals surface area contributed by atoms with Crippen LogP contribution in [0.4, 0.5) is 0 Å². The molecule has 0 amide bonds. The van der Waals surface area contributed by atoms with Crippen molar-refractivity contribution in [2.24, 2.45) is 0 Å². The number of rotatable bonds is 8. The Morgan fingerprint density at radius 2 is 1.67 bits per heavy atom. The summed E-state index contributed by atoms with van der Waals surface area (Å²) in [5.74, 6) is 3.35. The number of furan rings is 1. The number of aromatic nitrogens is 3. The summed E-state index contributed by atoms with van der Waals surface area (Å²) >= 11 is 0. The fraction of sp³-hybridized carbons (Fsp3) is 0.208. The maximum absolute atomic E-state index is 5.78. The number of methoxy groups -OCH3 is 1. The molecule has 0 bridgehead atoms. The number of hydrogen-bond acceptors (Lipinski definition) is 6. The summed E-state index contributed by atoms with van der Waals surface area (Å²) in [6.07, 6.45) is 5.58. The van der Waals surface area contributed by atoms with Crippen LogP contribution in [0.3, 0.4) is 0 Å². The van der Waals surface area contributed by atoms with Gasteiger partial charge in [-0.15, -0.1) is 0 Å². The molecule has 152 valence electrons. The average Bonchev–Trinajstić information content (AvgIpc) is 3.19. The molecule has 0 spiro atoms. The lowest BCUT2D eigenvalue weighted by molar-refractivity contribution is 0.222. The molecule has 0 saturated carbocycles. The Morgan fingerprint density at radius 1 is 0.867 bits per heavy atom. The van der Waals surface area contributed by atoms with Gasteiger partial charge in [-0.1, -0.05) is 6.07 Å². The van der Waals surface area contributed by atoms with E-state index in [1.54, 1.807) is 7.11 Å². The minimum absolute atomic E-state index is 0.685. The number of ether oxygens (including phenoxy) is 1. The molecule has 3 heterocycles. The van der Waals surface area contributed by atoms with Crippen LogP contribution < -0.4 is 4.74 Å². The molecule has 30 heavy (non-hydrogen) atoms. The van der Waals surface area contributed by atoms with E-state index in [-0.39, 0.29) is 0 Å². The summed E-state index contributed by atoms with van der Waals surface area (Å²) in [5, 5.41) is 0. The highest BCUT2D eigenvalue weighted by Gasteiger charge is 2.12. The Morgan fingerprint density at radius 3 is 2.30 bits per heavy atom. The predicted molar refractivity (Wildman–Crippen MR) is 115 cm³/mol. The Labute approximate surface area is 176 Å². The lowest BCUT2D eigenvalue weighted by atomic mass is 10.2. The second-order valence-electron chi connectivity index (χ2n) is 7.12. The van der Waals surface area contributed by atoms with Crippen molar-refractivity contribution in [2.75, 3.05) is 7.11 Å². The first-order valence-electron chi connectivity index (χ1n) is 9.82. The van der Waals surface area contributed by atoms with Crippen molar-refractivity contribution in [3.05, 3.63) is 96.0 Å². The number of benzene rings is 1. The first kappa shape index (κ1) is 19.8. The normalized spacial score (nSPS) is 11.0. The Kier molecular flexibility index (Phi) is 6.15. The first-order valence-corrected chi connectivity index (χ1v) is 9.82. The highest BCUT2D eigenvalue weighted by atomic mass is 16.5. The Hall–Kier alpha value is -3.51. The molecule has 0 aliphatic carbocycles. The SMILES string of the molecule is COc1ccc(-c2ncc(CN(Cc3ccccn3)Cc3ccc(C)o3)cn2)cc1. The zero-order chi connectivity index (χ0) is 20.8. The van der Waals surface area contributed by atoms with E-state index in [4.69, 9.17) is 9.15 Å². The van der Waals surface area contributed by atoms with E-state index in [0.29, 0.717) is 25.5 Å². The van der Waals surface area contributed by atoms with Crippen molar-refractivity contribution in [3.63, 3.8) is 0 Å². The van der Waals surface area contributed by atoms with Gasteiger partial charge in [0.05, 0.1) is 19.3 Å². The number of hydrogen-bond donors (Lipinski definition) is 0. The van der Waals surface area contributed by atoms with E-state index in [9.17, 15) is 0 Å². The molecule has 0 radical (unpaired) electrons. The lowest BCUT2D eigenvalue weighted by Gasteiger charge is -2.20. The van der Waals surface area contributed by atoms with Gasteiger partial charge in [0, 0.05) is 42.8 Å². The van der Waals surface area contributed by atoms with Crippen molar-refractivity contribution in [1.29, 1.82) is 0 Å². The van der Waals surface area contributed by atoms with Gasteiger partial charge in [-0.05, 0) is 55.5 Å². The van der Waals surface area contributed by atoms with Crippen LogP contribution in [0.5, 0.6) is 5.75 Å². The molecule has 4 rings (SSSR count). The van der Waals surface area contributed by atoms with Gasteiger partial charge in [-0.3, -0.25) is 9.88 Å². The molecule has 0 atom stereocenters. The molecule has 6 heteroatoms. The van der Waals surface area contributed by atoms with Crippen LogP contribution in [0, 0.1) is 6.92 Å². The summed E-state index contributed by atoms with van der Waals surface area (Å²) in [6, 6.07) is 17.7. The zero-order valence-electron chi connectivity index (χ0n) is 17.2. The standard InChI is InChI=1S/C24H24N4O2/c1-18-6-9-23(30-18)17-28(16-21-5-3-4-12-25-21)15-19-13-26-24(27-14-19)20-7-10-22(29-2)11-8-20/h3-14H,15-17H2,1-2H3. The van der Waals surface area contributed by atoms with Crippen molar-refractivity contribution in [2.45, 2.75) is 26.6 Å². The molecule has 1 aromatic carbocycles. The molecule has 0 unspecified atom stereocenters. The van der Waals surface area contributed by atoms with Gasteiger partial charge in [0.25, 0.3) is 0 Å². The highest BCUT2D eigenvalue weighted by Crippen LogP contribution is 2.20. The maximum Gasteiger partial charge on any atom is 0.159 e. The van der Waals surface area contributed by atoms with E-state index in [1.807, 2.05) is 80.1 Å². The second kappa shape index (κ2) is 9.33. The third-order valence-corrected chi connectivity index (χ3v) is 4.75. The first-order chi connectivity index (χ1) is 14.7. The summed E-state index contributed by atoms with van der Waals surface area (Å²) in [7, 11) is 1.65. The largest absolute Gasteiger partial charge is 0.497 e. The molecular formula is C24H24N4O2. The maximum atomic E-state index is 5.78. The van der Waals surface area contributed by atoms with E-state index in [2.05, 4.69) is 19.9 Å². The van der Waals surface area contributed by atoms with Crippen molar-refractivity contribution >= 4 is 0 Å². The topological polar surface area (TPSA) is 64.3 Å². The zero-order valence-corrected chi connectivity index (χ0v) is 17.2. The van der Waals surface area contributed by atoms with Gasteiger partial charge in [0.1, 0.15) is 17.3 Å². The van der Waals surface area contributed by atoms with Crippen molar-refractivity contribution < 1.29 is 9.15 Å².